The average molecular weight is 700 g/mol. The quantitative estimate of drug-likeness (QED) is 0.127. The Morgan fingerprint density at radius 2 is 1.11 bits per heavy atom. The van der Waals surface area contributed by atoms with Crippen LogP contribution < -0.4 is 0 Å². The SMILES string of the molecule is C=CC(C)(CCC=C(C)C)O[C@H]1O[C@@H](COC(=O)C(F)(F)F)[C@H](OC(=O)C(F)(F)F)[C@@H](OC(=O)C(F)(F)F)[C@@H]1OC(=O)C(F)(F)F. The Morgan fingerprint density at radius 1 is 0.696 bits per heavy atom. The highest BCUT2D eigenvalue weighted by atomic mass is 19.4. The molecule has 0 saturated carbocycles. The molecule has 1 aliphatic heterocycles. The Balaban J connectivity index is 3.89. The molecule has 1 fully saturated rings. The van der Waals surface area contributed by atoms with E-state index in [-0.39, 0.29) is 12.8 Å². The Kier molecular flexibility index (Phi) is 13.1. The van der Waals surface area contributed by atoms with E-state index in [2.05, 4.69) is 25.5 Å². The van der Waals surface area contributed by atoms with E-state index in [1.807, 2.05) is 0 Å². The van der Waals surface area contributed by atoms with Crippen LogP contribution in [0.25, 0.3) is 0 Å². The van der Waals surface area contributed by atoms with Crippen LogP contribution >= 0.6 is 0 Å². The van der Waals surface area contributed by atoms with Gasteiger partial charge in [-0.2, -0.15) is 52.7 Å². The number of esters is 4. The first-order chi connectivity index (χ1) is 20.6. The third kappa shape index (κ3) is 12.0. The number of rotatable bonds is 11. The maximum atomic E-state index is 13.2. The van der Waals surface area contributed by atoms with Crippen LogP contribution in [-0.2, 0) is 47.6 Å². The Morgan fingerprint density at radius 3 is 1.50 bits per heavy atom. The zero-order valence-electron chi connectivity index (χ0n) is 23.5. The molecule has 264 valence electrons. The van der Waals surface area contributed by atoms with E-state index in [0.29, 0.717) is 0 Å². The van der Waals surface area contributed by atoms with Crippen molar-refractivity contribution in [2.75, 3.05) is 6.61 Å². The summed E-state index contributed by atoms with van der Waals surface area (Å²) in [7, 11) is 0. The number of halogens is 12. The van der Waals surface area contributed by atoms with E-state index >= 15 is 0 Å². The fourth-order valence-electron chi connectivity index (χ4n) is 3.44. The highest BCUT2D eigenvalue weighted by molar-refractivity contribution is 5.78. The molecule has 1 saturated heterocycles. The summed E-state index contributed by atoms with van der Waals surface area (Å²) in [6, 6.07) is 0. The predicted molar refractivity (Wildman–Crippen MR) is 122 cm³/mol. The number of allylic oxidation sites excluding steroid dienone is 2. The van der Waals surface area contributed by atoms with Gasteiger partial charge in [-0.15, -0.1) is 6.58 Å². The van der Waals surface area contributed by atoms with E-state index in [4.69, 9.17) is 9.47 Å². The predicted octanol–water partition coefficient (Wildman–Crippen LogP) is 4.95. The zero-order valence-corrected chi connectivity index (χ0v) is 23.5. The number of ether oxygens (including phenoxy) is 6. The van der Waals surface area contributed by atoms with Crippen molar-refractivity contribution in [1.29, 1.82) is 0 Å². The fourth-order valence-corrected chi connectivity index (χ4v) is 3.44. The van der Waals surface area contributed by atoms with Gasteiger partial charge >= 0.3 is 48.6 Å². The van der Waals surface area contributed by atoms with Gasteiger partial charge in [0.15, 0.2) is 24.6 Å². The standard InChI is InChI=1S/C24H24F12O10/c1-5-20(4,8-6-7-10(2)3)46-15-14(45-19(40)24(34,35)36)13(44-18(39)23(31,32)33)12(43-17(38)22(28,29)30)11(42-15)9-41-16(37)21(25,26)27/h5,7,11-15H,1,6,8-9H2,2-4H3/t11-,12-,13+,14-,15+,20?/m0/s1. The molecule has 1 aliphatic rings. The molecule has 1 heterocycles. The molecule has 0 bridgehead atoms. The van der Waals surface area contributed by atoms with Crippen molar-refractivity contribution < 1.29 is 100 Å². The number of hydrogen-bond acceptors (Lipinski definition) is 10. The maximum Gasteiger partial charge on any atom is 0.490 e. The van der Waals surface area contributed by atoms with Crippen molar-refractivity contribution in [3.8, 4) is 0 Å². The van der Waals surface area contributed by atoms with Crippen molar-refractivity contribution in [1.82, 2.24) is 0 Å². The van der Waals surface area contributed by atoms with E-state index < -0.39 is 91.5 Å². The van der Waals surface area contributed by atoms with Crippen LogP contribution in [0.3, 0.4) is 0 Å². The third-order valence-corrected chi connectivity index (χ3v) is 5.64. The second-order valence-electron chi connectivity index (χ2n) is 9.70. The van der Waals surface area contributed by atoms with Crippen LogP contribution in [0.2, 0.25) is 0 Å². The number of carbonyl (C=O) groups excluding carboxylic acids is 4. The first kappa shape index (κ1) is 40.5. The van der Waals surface area contributed by atoms with E-state index in [1.165, 1.54) is 0 Å². The van der Waals surface area contributed by atoms with Crippen LogP contribution in [0.5, 0.6) is 0 Å². The minimum Gasteiger partial charge on any atom is -0.456 e. The van der Waals surface area contributed by atoms with Crippen LogP contribution in [0, 0.1) is 0 Å². The molecule has 22 heteroatoms. The molecule has 0 aromatic carbocycles. The number of hydrogen-bond donors (Lipinski definition) is 0. The van der Waals surface area contributed by atoms with E-state index in [1.54, 1.807) is 19.9 Å². The van der Waals surface area contributed by atoms with Gasteiger partial charge in [-0.05, 0) is 33.6 Å². The first-order valence-corrected chi connectivity index (χ1v) is 12.3. The molecule has 0 aliphatic carbocycles. The average Bonchev–Trinajstić information content (AvgIpc) is 2.87. The lowest BCUT2D eigenvalue weighted by molar-refractivity contribution is -0.335. The molecular formula is C24H24F12O10. The van der Waals surface area contributed by atoms with Gasteiger partial charge in [-0.3, -0.25) is 0 Å². The molecule has 1 unspecified atom stereocenters. The van der Waals surface area contributed by atoms with E-state index in [9.17, 15) is 71.9 Å². The van der Waals surface area contributed by atoms with Gasteiger partial charge in [0.2, 0.25) is 0 Å². The van der Waals surface area contributed by atoms with Crippen molar-refractivity contribution in [3.63, 3.8) is 0 Å². The number of carbonyl (C=O) groups is 4. The Labute approximate surface area is 250 Å². The van der Waals surface area contributed by atoms with Gasteiger partial charge in [-0.25, -0.2) is 19.2 Å². The highest BCUT2D eigenvalue weighted by Crippen LogP contribution is 2.37. The Hall–Kier alpha value is -3.56. The van der Waals surface area contributed by atoms with Crippen molar-refractivity contribution in [2.45, 2.75) is 94.6 Å². The second kappa shape index (κ2) is 14.9. The Bertz CT molecular complexity index is 1150. The topological polar surface area (TPSA) is 124 Å². The van der Waals surface area contributed by atoms with Crippen molar-refractivity contribution >= 4 is 23.9 Å². The maximum absolute atomic E-state index is 13.2. The summed E-state index contributed by atoms with van der Waals surface area (Å²) in [4.78, 5) is 46.4. The van der Waals surface area contributed by atoms with Crippen molar-refractivity contribution in [2.24, 2.45) is 0 Å². The summed E-state index contributed by atoms with van der Waals surface area (Å²) in [5.41, 5.74) is -1.13. The van der Waals surface area contributed by atoms with Gasteiger partial charge < -0.3 is 28.4 Å². The normalized spacial score (nSPS) is 23.8. The minimum atomic E-state index is -6.07. The lowest BCUT2D eigenvalue weighted by Gasteiger charge is -2.46. The van der Waals surface area contributed by atoms with Crippen LogP contribution in [0.15, 0.2) is 24.3 Å². The molecule has 0 spiro atoms. The van der Waals surface area contributed by atoms with Crippen LogP contribution in [0.4, 0.5) is 52.7 Å². The summed E-state index contributed by atoms with van der Waals surface area (Å²) in [6.45, 7) is 5.84. The van der Waals surface area contributed by atoms with Crippen LogP contribution in [-0.4, -0.2) is 91.5 Å². The van der Waals surface area contributed by atoms with Gasteiger partial charge in [0.05, 0.1) is 5.60 Å². The molecule has 1 rings (SSSR count). The fraction of sp³-hybridized carbons (Fsp3) is 0.667. The highest BCUT2D eigenvalue weighted by Gasteiger charge is 2.59. The van der Waals surface area contributed by atoms with Gasteiger partial charge in [0.1, 0.15) is 12.7 Å². The van der Waals surface area contributed by atoms with Crippen molar-refractivity contribution in [3.05, 3.63) is 24.3 Å². The molecular weight excluding hydrogens is 676 g/mol. The number of alkyl halides is 12. The molecule has 0 radical (unpaired) electrons. The molecule has 10 nitrogen and oxygen atoms in total. The van der Waals surface area contributed by atoms with Gasteiger partial charge in [-0.1, -0.05) is 17.7 Å². The lowest BCUT2D eigenvalue weighted by Crippen LogP contribution is -2.65. The zero-order chi connectivity index (χ0) is 36.1. The molecule has 0 aromatic heterocycles. The molecule has 46 heavy (non-hydrogen) atoms. The molecule has 0 amide bonds. The summed E-state index contributed by atoms with van der Waals surface area (Å²) in [5, 5.41) is 0. The van der Waals surface area contributed by atoms with Gasteiger partial charge in [0.25, 0.3) is 0 Å². The van der Waals surface area contributed by atoms with E-state index in [0.717, 1.165) is 18.6 Å². The summed E-state index contributed by atoms with van der Waals surface area (Å²) < 4.78 is 183. The largest absolute Gasteiger partial charge is 0.490 e. The van der Waals surface area contributed by atoms with Crippen LogP contribution in [0.1, 0.15) is 33.6 Å². The first-order valence-electron chi connectivity index (χ1n) is 12.3. The smallest absolute Gasteiger partial charge is 0.456 e. The van der Waals surface area contributed by atoms with Gasteiger partial charge in [0, 0.05) is 0 Å². The molecule has 6 atom stereocenters. The monoisotopic (exact) mass is 700 g/mol. The third-order valence-electron chi connectivity index (χ3n) is 5.64. The molecule has 0 aromatic rings. The summed E-state index contributed by atoms with van der Waals surface area (Å²) in [6.07, 6.45) is -36.9. The second-order valence-corrected chi connectivity index (χ2v) is 9.70. The molecule has 0 N–H and O–H groups in total. The summed E-state index contributed by atoms with van der Waals surface area (Å²) >= 11 is 0. The minimum absolute atomic E-state index is 0.0789. The summed E-state index contributed by atoms with van der Waals surface area (Å²) in [5.74, 6) is -13.1. The lowest BCUT2D eigenvalue weighted by atomic mass is 9.96.